The van der Waals surface area contributed by atoms with E-state index in [4.69, 9.17) is 0 Å². The standard InChI is InChI=1S/C16H25N3O2/c1-11(2)8-9-19(13-6-4-5-7-13)16-17-12(3)10-14(18-16)15(20)21/h10-11,13H,4-9H2,1-3H3,(H,20,21). The summed E-state index contributed by atoms with van der Waals surface area (Å²) in [5, 5.41) is 9.19. The highest BCUT2D eigenvalue weighted by Gasteiger charge is 2.25. The lowest BCUT2D eigenvalue weighted by molar-refractivity contribution is 0.0690. The number of aromatic nitrogens is 2. The van der Waals surface area contributed by atoms with Crippen LogP contribution in [0.15, 0.2) is 6.07 Å². The van der Waals surface area contributed by atoms with Crippen molar-refractivity contribution >= 4 is 11.9 Å². The van der Waals surface area contributed by atoms with Gasteiger partial charge in [0.05, 0.1) is 0 Å². The van der Waals surface area contributed by atoms with Crippen molar-refractivity contribution in [2.24, 2.45) is 5.92 Å². The monoisotopic (exact) mass is 291 g/mol. The zero-order valence-electron chi connectivity index (χ0n) is 13.2. The van der Waals surface area contributed by atoms with Gasteiger partial charge in [-0.25, -0.2) is 14.8 Å². The Balaban J connectivity index is 2.28. The number of aryl methyl sites for hydroxylation is 1. The number of carbonyl (C=O) groups is 1. The number of aromatic carboxylic acids is 1. The highest BCUT2D eigenvalue weighted by atomic mass is 16.4. The predicted molar refractivity (Wildman–Crippen MR) is 82.8 cm³/mol. The van der Waals surface area contributed by atoms with Crippen LogP contribution in [0.5, 0.6) is 0 Å². The molecule has 1 fully saturated rings. The van der Waals surface area contributed by atoms with Crippen LogP contribution in [0, 0.1) is 12.8 Å². The quantitative estimate of drug-likeness (QED) is 0.871. The van der Waals surface area contributed by atoms with Crippen molar-refractivity contribution in [2.45, 2.75) is 58.9 Å². The number of nitrogens with zero attached hydrogens (tertiary/aromatic N) is 3. The Bertz CT molecular complexity index is 496. The van der Waals surface area contributed by atoms with E-state index in [1.165, 1.54) is 18.9 Å². The number of hydrogen-bond donors (Lipinski definition) is 1. The predicted octanol–water partition coefficient (Wildman–Crippen LogP) is 3.28. The third-order valence-corrected chi connectivity index (χ3v) is 4.03. The second kappa shape index (κ2) is 6.87. The molecule has 2 rings (SSSR count). The van der Waals surface area contributed by atoms with Crippen LogP contribution in [0.1, 0.15) is 62.1 Å². The summed E-state index contributed by atoms with van der Waals surface area (Å²) in [4.78, 5) is 22.2. The SMILES string of the molecule is Cc1cc(C(=O)O)nc(N(CCC(C)C)C2CCCC2)n1. The zero-order chi connectivity index (χ0) is 15.4. The molecule has 21 heavy (non-hydrogen) atoms. The van der Waals surface area contributed by atoms with Crippen molar-refractivity contribution in [3.8, 4) is 0 Å². The van der Waals surface area contributed by atoms with Crippen LogP contribution in [-0.2, 0) is 0 Å². The Hall–Kier alpha value is -1.65. The molecule has 116 valence electrons. The first-order valence-corrected chi connectivity index (χ1v) is 7.83. The Kier molecular flexibility index (Phi) is 5.15. The van der Waals surface area contributed by atoms with Gasteiger partial charge in [0.2, 0.25) is 5.95 Å². The Morgan fingerprint density at radius 3 is 2.62 bits per heavy atom. The molecule has 1 saturated carbocycles. The average Bonchev–Trinajstić information content (AvgIpc) is 2.92. The molecule has 0 bridgehead atoms. The van der Waals surface area contributed by atoms with E-state index in [0.717, 1.165) is 25.8 Å². The number of rotatable bonds is 6. The van der Waals surface area contributed by atoms with Crippen LogP contribution in [0.3, 0.4) is 0 Å². The largest absolute Gasteiger partial charge is 0.477 e. The molecule has 1 heterocycles. The molecule has 0 aliphatic heterocycles. The normalized spacial score (nSPS) is 15.6. The summed E-state index contributed by atoms with van der Waals surface area (Å²) in [7, 11) is 0. The summed E-state index contributed by atoms with van der Waals surface area (Å²) >= 11 is 0. The maximum atomic E-state index is 11.2. The lowest BCUT2D eigenvalue weighted by Crippen LogP contribution is -2.36. The number of carboxylic acids is 1. The van der Waals surface area contributed by atoms with Gasteiger partial charge in [0.15, 0.2) is 5.69 Å². The summed E-state index contributed by atoms with van der Waals surface area (Å²) in [6.07, 6.45) is 5.84. The second-order valence-electron chi connectivity index (χ2n) is 6.31. The van der Waals surface area contributed by atoms with Crippen LogP contribution in [0.25, 0.3) is 0 Å². The van der Waals surface area contributed by atoms with Gasteiger partial charge < -0.3 is 10.0 Å². The third-order valence-electron chi connectivity index (χ3n) is 4.03. The van der Waals surface area contributed by atoms with E-state index in [-0.39, 0.29) is 5.69 Å². The molecular weight excluding hydrogens is 266 g/mol. The van der Waals surface area contributed by atoms with Crippen LogP contribution < -0.4 is 4.90 Å². The summed E-state index contributed by atoms with van der Waals surface area (Å²) in [5.74, 6) is 0.203. The summed E-state index contributed by atoms with van der Waals surface area (Å²) < 4.78 is 0. The van der Waals surface area contributed by atoms with Gasteiger partial charge in [0, 0.05) is 18.3 Å². The fraction of sp³-hybridized carbons (Fsp3) is 0.688. The lowest BCUT2D eigenvalue weighted by Gasteiger charge is -2.30. The molecule has 1 aliphatic rings. The van der Waals surface area contributed by atoms with E-state index >= 15 is 0 Å². The molecule has 5 heteroatoms. The molecule has 0 amide bonds. The average molecular weight is 291 g/mol. The topological polar surface area (TPSA) is 66.3 Å². The van der Waals surface area contributed by atoms with Crippen LogP contribution in [0.4, 0.5) is 5.95 Å². The van der Waals surface area contributed by atoms with Crippen molar-refractivity contribution in [1.29, 1.82) is 0 Å². The van der Waals surface area contributed by atoms with Crippen LogP contribution >= 0.6 is 0 Å². The maximum absolute atomic E-state index is 11.2. The molecule has 1 aromatic rings. The van der Waals surface area contributed by atoms with Gasteiger partial charge in [0.25, 0.3) is 0 Å². The Morgan fingerprint density at radius 2 is 2.05 bits per heavy atom. The molecular formula is C16H25N3O2. The van der Waals surface area contributed by atoms with Gasteiger partial charge in [-0.1, -0.05) is 26.7 Å². The molecule has 1 N–H and O–H groups in total. The van der Waals surface area contributed by atoms with E-state index in [0.29, 0.717) is 23.6 Å². The molecule has 1 aliphatic carbocycles. The molecule has 0 atom stereocenters. The van der Waals surface area contributed by atoms with Crippen molar-refractivity contribution in [3.05, 3.63) is 17.5 Å². The van der Waals surface area contributed by atoms with E-state index in [1.54, 1.807) is 0 Å². The minimum Gasteiger partial charge on any atom is -0.477 e. The number of carboxylic acid groups (broad SMARTS) is 1. The Labute approximate surface area is 126 Å². The lowest BCUT2D eigenvalue weighted by atomic mass is 10.1. The number of anilines is 1. The number of hydrogen-bond acceptors (Lipinski definition) is 4. The molecule has 0 spiro atoms. The highest BCUT2D eigenvalue weighted by Crippen LogP contribution is 2.27. The van der Waals surface area contributed by atoms with Gasteiger partial charge in [-0.15, -0.1) is 0 Å². The zero-order valence-corrected chi connectivity index (χ0v) is 13.2. The third kappa shape index (κ3) is 4.16. The summed E-state index contributed by atoms with van der Waals surface area (Å²) in [6, 6.07) is 1.98. The first kappa shape index (κ1) is 15.7. The maximum Gasteiger partial charge on any atom is 0.354 e. The molecule has 0 radical (unpaired) electrons. The van der Waals surface area contributed by atoms with Crippen LogP contribution in [0.2, 0.25) is 0 Å². The fourth-order valence-corrected chi connectivity index (χ4v) is 2.85. The molecule has 0 unspecified atom stereocenters. The smallest absolute Gasteiger partial charge is 0.354 e. The van der Waals surface area contributed by atoms with E-state index < -0.39 is 5.97 Å². The summed E-state index contributed by atoms with van der Waals surface area (Å²) in [6.45, 7) is 7.12. The molecule has 1 aromatic heterocycles. The second-order valence-corrected chi connectivity index (χ2v) is 6.31. The fourth-order valence-electron chi connectivity index (χ4n) is 2.85. The first-order chi connectivity index (χ1) is 9.97. The highest BCUT2D eigenvalue weighted by molar-refractivity contribution is 5.85. The van der Waals surface area contributed by atoms with E-state index in [2.05, 4.69) is 28.7 Å². The van der Waals surface area contributed by atoms with Crippen molar-refractivity contribution in [2.75, 3.05) is 11.4 Å². The van der Waals surface area contributed by atoms with Crippen molar-refractivity contribution in [3.63, 3.8) is 0 Å². The summed E-state index contributed by atoms with van der Waals surface area (Å²) in [5.41, 5.74) is 0.801. The molecule has 0 aromatic carbocycles. The van der Waals surface area contributed by atoms with E-state index in [9.17, 15) is 9.90 Å². The molecule has 5 nitrogen and oxygen atoms in total. The van der Waals surface area contributed by atoms with Gasteiger partial charge in [0.1, 0.15) is 0 Å². The van der Waals surface area contributed by atoms with Gasteiger partial charge in [-0.2, -0.15) is 0 Å². The minimum absolute atomic E-state index is 0.0880. The van der Waals surface area contributed by atoms with E-state index in [1.807, 2.05) is 6.92 Å². The van der Waals surface area contributed by atoms with Gasteiger partial charge in [-0.05, 0) is 38.2 Å². The minimum atomic E-state index is -0.989. The van der Waals surface area contributed by atoms with Gasteiger partial charge in [-0.3, -0.25) is 0 Å². The molecule has 0 saturated heterocycles. The first-order valence-electron chi connectivity index (χ1n) is 7.83. The van der Waals surface area contributed by atoms with Crippen molar-refractivity contribution < 1.29 is 9.90 Å². The van der Waals surface area contributed by atoms with Gasteiger partial charge >= 0.3 is 5.97 Å². The Morgan fingerprint density at radius 1 is 1.38 bits per heavy atom. The van der Waals surface area contributed by atoms with Crippen molar-refractivity contribution in [1.82, 2.24) is 9.97 Å². The van der Waals surface area contributed by atoms with Crippen LogP contribution in [-0.4, -0.2) is 33.6 Å².